The minimum atomic E-state index is -1.28. The molecule has 28 heavy (non-hydrogen) atoms. The zero-order chi connectivity index (χ0) is 19.8. The summed E-state index contributed by atoms with van der Waals surface area (Å²) in [5.41, 5.74) is 0.175. The van der Waals surface area contributed by atoms with Crippen molar-refractivity contribution < 1.29 is 14.6 Å². The van der Waals surface area contributed by atoms with Crippen LogP contribution in [0.25, 0.3) is 16.2 Å². The monoisotopic (exact) mass is 401 g/mol. The summed E-state index contributed by atoms with van der Waals surface area (Å²) < 4.78 is 11.2. The molecule has 10 heteroatoms. The van der Waals surface area contributed by atoms with Gasteiger partial charge in [-0.05, 0) is 25.0 Å². The molecular formula is C18H19N5O4S. The van der Waals surface area contributed by atoms with Crippen LogP contribution in [0.4, 0.5) is 5.82 Å². The Morgan fingerprint density at radius 3 is 2.86 bits per heavy atom. The third-order valence-corrected chi connectivity index (χ3v) is 5.32. The maximum atomic E-state index is 12.7. The predicted molar refractivity (Wildman–Crippen MR) is 105 cm³/mol. The van der Waals surface area contributed by atoms with Crippen LogP contribution < -0.4 is 10.3 Å². The van der Waals surface area contributed by atoms with E-state index in [0.29, 0.717) is 16.3 Å². The fourth-order valence-electron chi connectivity index (χ4n) is 3.23. The summed E-state index contributed by atoms with van der Waals surface area (Å²) in [5.74, 6) is -0.561. The van der Waals surface area contributed by atoms with Crippen molar-refractivity contribution in [2.75, 3.05) is 24.6 Å². The van der Waals surface area contributed by atoms with E-state index in [0.717, 1.165) is 43.5 Å². The van der Waals surface area contributed by atoms with Crippen LogP contribution in [0.15, 0.2) is 23.4 Å². The van der Waals surface area contributed by atoms with Crippen molar-refractivity contribution >= 4 is 34.4 Å². The summed E-state index contributed by atoms with van der Waals surface area (Å²) in [4.78, 5) is 35.2. The Bertz CT molecular complexity index is 1090. The van der Waals surface area contributed by atoms with Gasteiger partial charge in [0, 0.05) is 37.4 Å². The molecule has 1 aliphatic heterocycles. The number of carboxylic acid groups (broad SMARTS) is 1. The van der Waals surface area contributed by atoms with Crippen LogP contribution >= 0.6 is 11.5 Å². The second-order valence-corrected chi connectivity index (χ2v) is 7.42. The van der Waals surface area contributed by atoms with Crippen molar-refractivity contribution in [1.29, 1.82) is 0 Å². The molecule has 4 heterocycles. The summed E-state index contributed by atoms with van der Waals surface area (Å²) in [5, 5.41) is 10.2. The summed E-state index contributed by atoms with van der Waals surface area (Å²) in [6.07, 6.45) is 3.81. The Labute approximate surface area is 164 Å². The van der Waals surface area contributed by atoms with Gasteiger partial charge >= 0.3 is 5.97 Å². The van der Waals surface area contributed by atoms with E-state index < -0.39 is 11.4 Å². The number of aromatic nitrogens is 4. The van der Waals surface area contributed by atoms with E-state index in [1.54, 1.807) is 6.92 Å². The summed E-state index contributed by atoms with van der Waals surface area (Å²) >= 11 is 1.10. The summed E-state index contributed by atoms with van der Waals surface area (Å²) in [6.45, 7) is 6.05. The Hall–Kier alpha value is -2.85. The molecule has 0 spiro atoms. The fourth-order valence-corrected chi connectivity index (χ4v) is 3.74. The Morgan fingerprint density at radius 1 is 1.43 bits per heavy atom. The highest BCUT2D eigenvalue weighted by molar-refractivity contribution is 7.08. The lowest BCUT2D eigenvalue weighted by Crippen LogP contribution is -2.52. The van der Waals surface area contributed by atoms with Gasteiger partial charge in [0.25, 0.3) is 0 Å². The number of hydrogen-bond donors (Lipinski definition) is 1. The first-order chi connectivity index (χ1) is 13.5. The summed E-state index contributed by atoms with van der Waals surface area (Å²) in [6, 6.07) is 1.82. The lowest BCUT2D eigenvalue weighted by molar-refractivity contribution is 0.0344. The Balaban J connectivity index is 1.83. The molecule has 0 aromatic carbocycles. The van der Waals surface area contributed by atoms with E-state index in [1.165, 1.54) is 17.1 Å². The molecule has 1 saturated heterocycles. The zero-order valence-electron chi connectivity index (χ0n) is 15.5. The van der Waals surface area contributed by atoms with E-state index >= 15 is 0 Å². The van der Waals surface area contributed by atoms with Gasteiger partial charge in [-0.25, -0.2) is 14.8 Å². The van der Waals surface area contributed by atoms with Crippen molar-refractivity contribution in [2.24, 2.45) is 0 Å². The van der Waals surface area contributed by atoms with Crippen molar-refractivity contribution in [3.63, 3.8) is 0 Å². The minimum absolute atomic E-state index is 0.178. The molecule has 4 rings (SSSR count). The molecule has 0 aliphatic carbocycles. The number of nitrogens with zero attached hydrogens (tertiary/aromatic N) is 5. The Kier molecular flexibility index (Phi) is 4.82. The molecule has 1 N–H and O–H groups in total. The number of pyridine rings is 2. The molecule has 3 aromatic rings. The quantitative estimate of drug-likeness (QED) is 0.666. The van der Waals surface area contributed by atoms with Gasteiger partial charge in [0.05, 0.1) is 11.5 Å². The number of aromatic carboxylic acids is 1. The number of hydrogen-bond acceptors (Lipinski definition) is 8. The highest BCUT2D eigenvalue weighted by Gasteiger charge is 2.29. The fraction of sp³-hybridized carbons (Fsp3) is 0.389. The molecule has 1 aliphatic rings. The molecule has 0 saturated carbocycles. The number of carbonyl (C=O) groups is 1. The lowest BCUT2D eigenvalue weighted by atomic mass is 10.1. The van der Waals surface area contributed by atoms with Gasteiger partial charge < -0.3 is 14.7 Å². The van der Waals surface area contributed by atoms with Crippen molar-refractivity contribution in [3.8, 4) is 5.13 Å². The average Bonchev–Trinajstić information content (AvgIpc) is 3.14. The topological polar surface area (TPSA) is 110 Å². The molecule has 9 nitrogen and oxygen atoms in total. The highest BCUT2D eigenvalue weighted by atomic mass is 32.1. The molecule has 1 fully saturated rings. The van der Waals surface area contributed by atoms with Crippen LogP contribution in [0.3, 0.4) is 0 Å². The number of rotatable bonds is 6. The number of ether oxygens (including phenoxy) is 1. The van der Waals surface area contributed by atoms with Crippen molar-refractivity contribution in [2.45, 2.75) is 26.4 Å². The van der Waals surface area contributed by atoms with Crippen LogP contribution in [0, 0.1) is 6.92 Å². The van der Waals surface area contributed by atoms with E-state index in [4.69, 9.17) is 4.74 Å². The van der Waals surface area contributed by atoms with Gasteiger partial charge in [0.2, 0.25) is 10.6 Å². The van der Waals surface area contributed by atoms with Crippen molar-refractivity contribution in [3.05, 3.63) is 39.9 Å². The highest BCUT2D eigenvalue weighted by Crippen LogP contribution is 2.27. The molecular weight excluding hydrogens is 382 g/mol. The second-order valence-electron chi connectivity index (χ2n) is 6.66. The van der Waals surface area contributed by atoms with Crippen molar-refractivity contribution in [1.82, 2.24) is 18.9 Å². The third-order valence-electron chi connectivity index (χ3n) is 4.66. The van der Waals surface area contributed by atoms with E-state index in [9.17, 15) is 14.7 Å². The van der Waals surface area contributed by atoms with Gasteiger partial charge in [0.15, 0.2) is 5.65 Å². The number of anilines is 1. The van der Waals surface area contributed by atoms with Crippen LogP contribution in [0.1, 0.15) is 29.3 Å². The molecule has 0 bridgehead atoms. The van der Waals surface area contributed by atoms with Gasteiger partial charge in [-0.1, -0.05) is 6.92 Å². The molecule has 0 radical (unpaired) electrons. The van der Waals surface area contributed by atoms with Crippen LogP contribution in [-0.4, -0.2) is 55.8 Å². The van der Waals surface area contributed by atoms with E-state index in [1.807, 2.05) is 6.07 Å². The van der Waals surface area contributed by atoms with Crippen LogP contribution in [-0.2, 0) is 4.74 Å². The van der Waals surface area contributed by atoms with Gasteiger partial charge in [0.1, 0.15) is 17.7 Å². The van der Waals surface area contributed by atoms with Gasteiger partial charge in [-0.2, -0.15) is 4.37 Å². The standard InChI is InChI=1S/C18H19N5O4S/c1-3-4-27-11-6-22(7-11)13-5-10(2)14-15(24)12(17(25)26)8-23(16(14)21-13)18-19-9-20-28-18/h5,8-9,11H,3-4,6-7H2,1-2H3,(H,25,26). The number of fused-ring (bicyclic) bond motifs is 1. The normalized spacial score (nSPS) is 14.4. The first kappa shape index (κ1) is 18.5. The lowest BCUT2D eigenvalue weighted by Gasteiger charge is -2.40. The maximum Gasteiger partial charge on any atom is 0.341 e. The largest absolute Gasteiger partial charge is 0.477 e. The molecule has 0 atom stereocenters. The summed E-state index contributed by atoms with van der Waals surface area (Å²) in [7, 11) is 0. The average molecular weight is 401 g/mol. The maximum absolute atomic E-state index is 12.7. The minimum Gasteiger partial charge on any atom is -0.477 e. The Morgan fingerprint density at radius 2 is 2.21 bits per heavy atom. The first-order valence-electron chi connectivity index (χ1n) is 8.93. The third kappa shape index (κ3) is 3.14. The van der Waals surface area contributed by atoms with Gasteiger partial charge in [-0.15, -0.1) is 0 Å². The first-order valence-corrected chi connectivity index (χ1v) is 9.70. The molecule has 3 aromatic heterocycles. The molecule has 0 amide bonds. The van der Waals surface area contributed by atoms with Crippen LogP contribution in [0.5, 0.6) is 0 Å². The second kappa shape index (κ2) is 7.28. The van der Waals surface area contributed by atoms with E-state index in [2.05, 4.69) is 26.2 Å². The molecule has 0 unspecified atom stereocenters. The van der Waals surface area contributed by atoms with Gasteiger partial charge in [-0.3, -0.25) is 9.36 Å². The van der Waals surface area contributed by atoms with Crippen LogP contribution in [0.2, 0.25) is 0 Å². The SMILES string of the molecule is CCCOC1CN(c2cc(C)c3c(=O)c(C(=O)O)cn(-c4ncns4)c3n2)C1. The number of carboxylic acids is 1. The van der Waals surface area contributed by atoms with E-state index in [-0.39, 0.29) is 17.1 Å². The molecule has 146 valence electrons. The predicted octanol–water partition coefficient (Wildman–Crippen LogP) is 1.86. The zero-order valence-corrected chi connectivity index (χ0v) is 16.3. The smallest absolute Gasteiger partial charge is 0.341 e. The number of aryl methyl sites for hydroxylation is 1.